The molecule has 0 bridgehead atoms. The number of hydrogen-bond acceptors (Lipinski definition) is 5. The zero-order valence-corrected chi connectivity index (χ0v) is 15.8. The Bertz CT molecular complexity index is 914. The number of aromatic amines is 1. The van der Waals surface area contributed by atoms with E-state index in [1.165, 1.54) is 0 Å². The Morgan fingerprint density at radius 1 is 1.26 bits per heavy atom. The highest BCUT2D eigenvalue weighted by Crippen LogP contribution is 2.42. The summed E-state index contributed by atoms with van der Waals surface area (Å²) in [6.07, 6.45) is 9.56. The lowest BCUT2D eigenvalue weighted by Crippen LogP contribution is -2.22. The summed E-state index contributed by atoms with van der Waals surface area (Å²) in [5, 5.41) is 8.96. The molecule has 3 atom stereocenters. The van der Waals surface area contributed by atoms with Gasteiger partial charge >= 0.3 is 0 Å². The minimum Gasteiger partial charge on any atom is -0.381 e. The van der Waals surface area contributed by atoms with Crippen LogP contribution < -0.4 is 0 Å². The maximum atomic E-state index is 6.36. The lowest BCUT2D eigenvalue weighted by Gasteiger charge is -2.23. The summed E-state index contributed by atoms with van der Waals surface area (Å²) in [4.78, 5) is 7.62. The molecule has 1 aliphatic heterocycles. The number of ether oxygens (including phenoxy) is 2. The van der Waals surface area contributed by atoms with Crippen molar-refractivity contribution in [2.75, 3.05) is 19.8 Å². The molecule has 0 unspecified atom stereocenters. The lowest BCUT2D eigenvalue weighted by molar-refractivity contribution is -0.00981. The Morgan fingerprint density at radius 2 is 2.15 bits per heavy atom. The van der Waals surface area contributed by atoms with Crippen molar-refractivity contribution in [1.29, 1.82) is 0 Å². The van der Waals surface area contributed by atoms with Crippen molar-refractivity contribution in [3.63, 3.8) is 0 Å². The van der Waals surface area contributed by atoms with Gasteiger partial charge in [0.2, 0.25) is 0 Å². The molecule has 4 heterocycles. The third kappa shape index (κ3) is 3.12. The Morgan fingerprint density at radius 3 is 3.00 bits per heavy atom. The number of nitrogens with zero attached hydrogens (tertiary/aromatic N) is 4. The first-order valence-corrected chi connectivity index (χ1v) is 10.2. The Hall–Kier alpha value is -1.99. The second-order valence-electron chi connectivity index (χ2n) is 7.98. The van der Waals surface area contributed by atoms with Crippen molar-refractivity contribution in [3.8, 4) is 0 Å². The summed E-state index contributed by atoms with van der Waals surface area (Å²) in [6.45, 7) is 4.90. The molecule has 2 aliphatic rings. The summed E-state index contributed by atoms with van der Waals surface area (Å²) >= 11 is 0. The number of rotatable bonds is 5. The molecule has 1 saturated carbocycles. The first kappa shape index (κ1) is 17.1. The van der Waals surface area contributed by atoms with Gasteiger partial charge < -0.3 is 14.5 Å². The van der Waals surface area contributed by atoms with E-state index in [4.69, 9.17) is 9.47 Å². The SMILES string of the molecule is CC[C@@H]1C[C@@H](OCC2CCOCC2)C[C@@H]1c1nnc2cnc3[nH]ccc3n12. The molecule has 1 N–H and O–H groups in total. The van der Waals surface area contributed by atoms with Gasteiger partial charge in [-0.1, -0.05) is 13.3 Å². The van der Waals surface area contributed by atoms with Crippen molar-refractivity contribution in [1.82, 2.24) is 24.6 Å². The fourth-order valence-electron chi connectivity index (χ4n) is 4.80. The van der Waals surface area contributed by atoms with Gasteiger partial charge in [-0.05, 0) is 43.6 Å². The highest BCUT2D eigenvalue weighted by Gasteiger charge is 2.38. The van der Waals surface area contributed by atoms with Gasteiger partial charge in [-0.25, -0.2) is 4.98 Å². The van der Waals surface area contributed by atoms with Crippen LogP contribution >= 0.6 is 0 Å². The molecule has 5 rings (SSSR count). The van der Waals surface area contributed by atoms with Crippen molar-refractivity contribution in [2.45, 2.75) is 51.0 Å². The van der Waals surface area contributed by atoms with Crippen LogP contribution in [0.4, 0.5) is 0 Å². The molecule has 0 amide bonds. The largest absolute Gasteiger partial charge is 0.381 e. The number of nitrogens with one attached hydrogen (secondary N) is 1. The predicted octanol–water partition coefficient (Wildman–Crippen LogP) is 3.32. The average molecular weight is 369 g/mol. The summed E-state index contributed by atoms with van der Waals surface area (Å²) in [5.74, 6) is 2.67. The van der Waals surface area contributed by atoms with Crippen LogP contribution in [0.3, 0.4) is 0 Å². The van der Waals surface area contributed by atoms with E-state index in [0.717, 1.165) is 74.6 Å². The molecule has 2 fully saturated rings. The molecule has 3 aromatic heterocycles. The maximum Gasteiger partial charge on any atom is 0.179 e. The van der Waals surface area contributed by atoms with Crippen molar-refractivity contribution in [3.05, 3.63) is 24.3 Å². The molecule has 7 nitrogen and oxygen atoms in total. The van der Waals surface area contributed by atoms with Crippen LogP contribution in [0, 0.1) is 11.8 Å². The third-order valence-corrected chi connectivity index (χ3v) is 6.38. The molecule has 1 aliphatic carbocycles. The number of fused-ring (bicyclic) bond motifs is 3. The standard InChI is InChI=1S/C20H27N5O2/c1-2-14-9-15(27-12-13-4-7-26-8-5-13)10-16(14)20-24-23-18-11-22-19-17(25(18)20)3-6-21-19/h3,6,11,13-16,21H,2,4-5,7-10,12H2,1H3/t14-,15-,16+/m1/s1. The van der Waals surface area contributed by atoms with Gasteiger partial charge in [0.15, 0.2) is 11.3 Å². The smallest absolute Gasteiger partial charge is 0.179 e. The summed E-state index contributed by atoms with van der Waals surface area (Å²) in [6, 6.07) is 2.05. The molecule has 0 radical (unpaired) electrons. The van der Waals surface area contributed by atoms with Gasteiger partial charge in [0.05, 0.1) is 17.8 Å². The first-order chi connectivity index (χ1) is 13.3. The lowest BCUT2D eigenvalue weighted by atomic mass is 9.93. The van der Waals surface area contributed by atoms with Crippen molar-refractivity contribution in [2.24, 2.45) is 11.8 Å². The molecule has 0 spiro atoms. The van der Waals surface area contributed by atoms with E-state index < -0.39 is 0 Å². The van der Waals surface area contributed by atoms with E-state index in [1.54, 1.807) is 6.20 Å². The second kappa shape index (κ2) is 7.20. The number of hydrogen-bond donors (Lipinski definition) is 1. The Kier molecular flexibility index (Phi) is 4.57. The third-order valence-electron chi connectivity index (χ3n) is 6.38. The Labute approximate surface area is 158 Å². The van der Waals surface area contributed by atoms with Gasteiger partial charge in [-0.2, -0.15) is 0 Å². The van der Waals surface area contributed by atoms with Gasteiger partial charge in [0, 0.05) is 31.9 Å². The maximum absolute atomic E-state index is 6.36. The zero-order valence-electron chi connectivity index (χ0n) is 15.8. The minimum absolute atomic E-state index is 0.318. The van der Waals surface area contributed by atoms with Crippen molar-refractivity contribution >= 4 is 16.8 Å². The van der Waals surface area contributed by atoms with Crippen LogP contribution in [0.15, 0.2) is 18.5 Å². The van der Waals surface area contributed by atoms with Crippen LogP contribution in [0.2, 0.25) is 0 Å². The predicted molar refractivity (Wildman–Crippen MR) is 102 cm³/mol. The average Bonchev–Trinajstić information content (AvgIpc) is 3.43. The topological polar surface area (TPSA) is 77.3 Å². The van der Waals surface area contributed by atoms with Gasteiger partial charge in [-0.3, -0.25) is 4.40 Å². The van der Waals surface area contributed by atoms with Crippen LogP contribution in [0.1, 0.15) is 50.8 Å². The molecule has 1 saturated heterocycles. The molecule has 144 valence electrons. The van der Waals surface area contributed by atoms with Crippen LogP contribution in [0.5, 0.6) is 0 Å². The van der Waals surface area contributed by atoms with Gasteiger partial charge in [-0.15, -0.1) is 10.2 Å². The fraction of sp³-hybridized carbons (Fsp3) is 0.650. The monoisotopic (exact) mass is 369 g/mol. The van der Waals surface area contributed by atoms with E-state index in [1.807, 2.05) is 6.20 Å². The Balaban J connectivity index is 1.37. The highest BCUT2D eigenvalue weighted by molar-refractivity contribution is 5.74. The molecule has 27 heavy (non-hydrogen) atoms. The van der Waals surface area contributed by atoms with E-state index in [9.17, 15) is 0 Å². The first-order valence-electron chi connectivity index (χ1n) is 10.2. The molecular weight excluding hydrogens is 342 g/mol. The number of aromatic nitrogens is 5. The van der Waals surface area contributed by atoms with Gasteiger partial charge in [0.25, 0.3) is 0 Å². The van der Waals surface area contributed by atoms with Crippen LogP contribution in [-0.2, 0) is 9.47 Å². The summed E-state index contributed by atoms with van der Waals surface area (Å²) in [7, 11) is 0. The zero-order chi connectivity index (χ0) is 18.2. The summed E-state index contributed by atoms with van der Waals surface area (Å²) < 4.78 is 14.0. The fourth-order valence-corrected chi connectivity index (χ4v) is 4.80. The van der Waals surface area contributed by atoms with Crippen molar-refractivity contribution < 1.29 is 9.47 Å². The second-order valence-corrected chi connectivity index (χ2v) is 7.98. The molecular formula is C20H27N5O2. The molecule has 3 aromatic rings. The number of H-pyrrole nitrogens is 1. The van der Waals surface area contributed by atoms with Crippen LogP contribution in [0.25, 0.3) is 16.8 Å². The molecule has 7 heteroatoms. The normalized spacial score (nSPS) is 27.1. The van der Waals surface area contributed by atoms with E-state index in [0.29, 0.717) is 23.9 Å². The van der Waals surface area contributed by atoms with E-state index in [-0.39, 0.29) is 0 Å². The highest BCUT2D eigenvalue weighted by atomic mass is 16.5. The van der Waals surface area contributed by atoms with Crippen LogP contribution in [-0.4, -0.2) is 50.5 Å². The van der Waals surface area contributed by atoms with E-state index >= 15 is 0 Å². The quantitative estimate of drug-likeness (QED) is 0.746. The van der Waals surface area contributed by atoms with E-state index in [2.05, 4.69) is 37.6 Å². The minimum atomic E-state index is 0.318. The summed E-state index contributed by atoms with van der Waals surface area (Å²) in [5.41, 5.74) is 2.74. The molecule has 0 aromatic carbocycles. The van der Waals surface area contributed by atoms with Gasteiger partial charge in [0.1, 0.15) is 5.82 Å².